The van der Waals surface area contributed by atoms with E-state index in [1.165, 1.54) is 32.1 Å². The molecule has 0 spiro atoms. The lowest BCUT2D eigenvalue weighted by Gasteiger charge is -2.41. The van der Waals surface area contributed by atoms with E-state index in [-0.39, 0.29) is 5.41 Å². The molecule has 0 aromatic heterocycles. The first-order valence-electron chi connectivity index (χ1n) is 9.18. The Hall–Kier alpha value is -1.59. The predicted molar refractivity (Wildman–Crippen MR) is 99.3 cm³/mol. The first-order chi connectivity index (χ1) is 11.8. The van der Waals surface area contributed by atoms with E-state index in [2.05, 4.69) is 10.2 Å². The maximum atomic E-state index is 6.12. The Labute approximate surface area is 145 Å². The standard InChI is InChI=1S/C19H30N4O/c20-18(22-17-7-3-1-4-8-17)21-15-19(9-5-2-6-10-19)16-23-11-13-24-14-12-23/h1,3-4,7-8H,2,5-6,9-16H2,(H3,20,21,22). The Bertz CT molecular complexity index is 519. The van der Waals surface area contributed by atoms with Crippen LogP contribution >= 0.6 is 0 Å². The molecule has 0 amide bonds. The normalized spacial score (nSPS) is 22.2. The molecule has 0 radical (unpaired) electrons. The number of ether oxygens (including phenoxy) is 1. The third-order valence-corrected chi connectivity index (χ3v) is 5.21. The van der Waals surface area contributed by atoms with Crippen LogP contribution in [0.4, 0.5) is 5.69 Å². The lowest BCUT2D eigenvalue weighted by Crippen LogP contribution is -2.46. The summed E-state index contributed by atoms with van der Waals surface area (Å²) < 4.78 is 5.49. The smallest absolute Gasteiger partial charge is 0.193 e. The molecule has 1 aliphatic carbocycles. The van der Waals surface area contributed by atoms with Gasteiger partial charge >= 0.3 is 0 Å². The molecule has 5 nitrogen and oxygen atoms in total. The Balaban J connectivity index is 1.61. The highest BCUT2D eigenvalue weighted by atomic mass is 16.5. The molecule has 5 heteroatoms. The van der Waals surface area contributed by atoms with Crippen molar-refractivity contribution >= 4 is 11.6 Å². The van der Waals surface area contributed by atoms with Crippen LogP contribution in [0.15, 0.2) is 35.3 Å². The van der Waals surface area contributed by atoms with Crippen LogP contribution in [0.25, 0.3) is 0 Å². The lowest BCUT2D eigenvalue weighted by atomic mass is 9.73. The minimum atomic E-state index is 0.276. The highest BCUT2D eigenvalue weighted by molar-refractivity contribution is 5.92. The molecule has 0 bridgehead atoms. The van der Waals surface area contributed by atoms with Gasteiger partial charge in [0, 0.05) is 37.3 Å². The van der Waals surface area contributed by atoms with Crippen molar-refractivity contribution in [2.45, 2.75) is 32.1 Å². The summed E-state index contributed by atoms with van der Waals surface area (Å²) in [6, 6.07) is 10.0. The van der Waals surface area contributed by atoms with Crippen molar-refractivity contribution in [3.8, 4) is 0 Å². The summed E-state index contributed by atoms with van der Waals surface area (Å²) in [7, 11) is 0. The Morgan fingerprint density at radius 3 is 2.54 bits per heavy atom. The van der Waals surface area contributed by atoms with Gasteiger partial charge in [0.2, 0.25) is 0 Å². The van der Waals surface area contributed by atoms with E-state index in [4.69, 9.17) is 15.5 Å². The second-order valence-electron chi connectivity index (χ2n) is 7.14. The summed E-state index contributed by atoms with van der Waals surface area (Å²) in [5.74, 6) is 0.521. The summed E-state index contributed by atoms with van der Waals surface area (Å²) >= 11 is 0. The molecular formula is C19H30N4O. The fourth-order valence-electron chi connectivity index (χ4n) is 3.86. The summed E-state index contributed by atoms with van der Waals surface area (Å²) in [4.78, 5) is 7.25. The number of nitrogens with one attached hydrogen (secondary N) is 1. The van der Waals surface area contributed by atoms with Gasteiger partial charge in [0.05, 0.1) is 13.2 Å². The van der Waals surface area contributed by atoms with Gasteiger partial charge in [-0.25, -0.2) is 0 Å². The lowest BCUT2D eigenvalue weighted by molar-refractivity contribution is 0.00940. The first kappa shape index (κ1) is 17.2. The number of aliphatic imine (C=N–C) groups is 1. The molecule has 2 aliphatic rings. The Kier molecular flexibility index (Phi) is 6.10. The van der Waals surface area contributed by atoms with Gasteiger partial charge in [0.1, 0.15) is 0 Å². The van der Waals surface area contributed by atoms with Crippen molar-refractivity contribution in [3.05, 3.63) is 30.3 Å². The fraction of sp³-hybridized carbons (Fsp3) is 0.632. The minimum absolute atomic E-state index is 0.276. The number of morpholine rings is 1. The van der Waals surface area contributed by atoms with Crippen LogP contribution in [0.1, 0.15) is 32.1 Å². The highest BCUT2D eigenvalue weighted by Gasteiger charge is 2.34. The molecule has 1 aromatic carbocycles. The van der Waals surface area contributed by atoms with Gasteiger partial charge in [-0.1, -0.05) is 37.5 Å². The second-order valence-corrected chi connectivity index (χ2v) is 7.14. The van der Waals surface area contributed by atoms with Gasteiger partial charge in [0.15, 0.2) is 5.96 Å². The van der Waals surface area contributed by atoms with Crippen LogP contribution in [-0.4, -0.2) is 50.3 Å². The molecule has 1 saturated carbocycles. The number of benzene rings is 1. The topological polar surface area (TPSA) is 62.9 Å². The molecule has 2 fully saturated rings. The average Bonchev–Trinajstić information content (AvgIpc) is 2.63. The van der Waals surface area contributed by atoms with Gasteiger partial charge in [-0.2, -0.15) is 0 Å². The summed E-state index contributed by atoms with van der Waals surface area (Å²) in [5, 5.41) is 3.20. The fourth-order valence-corrected chi connectivity index (χ4v) is 3.86. The van der Waals surface area contributed by atoms with Crippen molar-refractivity contribution in [1.82, 2.24) is 4.90 Å². The molecule has 0 unspecified atom stereocenters. The number of nitrogens with two attached hydrogens (primary N) is 1. The van der Waals surface area contributed by atoms with Crippen LogP contribution in [0.3, 0.4) is 0 Å². The third kappa shape index (κ3) is 4.95. The molecule has 1 aliphatic heterocycles. The van der Waals surface area contributed by atoms with Crippen molar-refractivity contribution in [3.63, 3.8) is 0 Å². The minimum Gasteiger partial charge on any atom is -0.379 e. The second kappa shape index (κ2) is 8.49. The number of para-hydroxylation sites is 1. The van der Waals surface area contributed by atoms with Crippen molar-refractivity contribution < 1.29 is 4.74 Å². The molecular weight excluding hydrogens is 300 g/mol. The van der Waals surface area contributed by atoms with Crippen molar-refractivity contribution in [2.75, 3.05) is 44.7 Å². The van der Waals surface area contributed by atoms with E-state index in [1.54, 1.807) is 0 Å². The molecule has 3 N–H and O–H groups in total. The zero-order chi connectivity index (χ0) is 16.7. The number of nitrogens with zero attached hydrogens (tertiary/aromatic N) is 2. The largest absolute Gasteiger partial charge is 0.379 e. The van der Waals surface area contributed by atoms with E-state index < -0.39 is 0 Å². The zero-order valence-corrected chi connectivity index (χ0v) is 14.5. The zero-order valence-electron chi connectivity index (χ0n) is 14.5. The number of guanidine groups is 1. The summed E-state index contributed by atoms with van der Waals surface area (Å²) in [6.07, 6.45) is 6.49. The molecule has 24 heavy (non-hydrogen) atoms. The molecule has 132 valence electrons. The van der Waals surface area contributed by atoms with Crippen LogP contribution in [0.5, 0.6) is 0 Å². The van der Waals surface area contributed by atoms with E-state index >= 15 is 0 Å². The van der Waals surface area contributed by atoms with E-state index in [9.17, 15) is 0 Å². The van der Waals surface area contributed by atoms with Crippen LogP contribution in [0, 0.1) is 5.41 Å². The Morgan fingerprint density at radius 1 is 1.12 bits per heavy atom. The van der Waals surface area contributed by atoms with Crippen LogP contribution in [-0.2, 0) is 4.74 Å². The number of anilines is 1. The maximum Gasteiger partial charge on any atom is 0.193 e. The van der Waals surface area contributed by atoms with Crippen molar-refractivity contribution in [1.29, 1.82) is 0 Å². The molecule has 3 rings (SSSR count). The number of rotatable bonds is 5. The van der Waals surface area contributed by atoms with Crippen molar-refractivity contribution in [2.24, 2.45) is 16.1 Å². The van der Waals surface area contributed by atoms with Gasteiger partial charge in [-0.3, -0.25) is 9.89 Å². The van der Waals surface area contributed by atoms with Gasteiger partial charge in [0.25, 0.3) is 0 Å². The van der Waals surface area contributed by atoms with E-state index in [1.807, 2.05) is 30.3 Å². The summed E-state index contributed by atoms with van der Waals surface area (Å²) in [5.41, 5.74) is 7.39. The molecule has 1 saturated heterocycles. The van der Waals surface area contributed by atoms with E-state index in [0.717, 1.165) is 45.1 Å². The average molecular weight is 330 g/mol. The highest BCUT2D eigenvalue weighted by Crippen LogP contribution is 2.37. The third-order valence-electron chi connectivity index (χ3n) is 5.21. The van der Waals surface area contributed by atoms with Gasteiger partial charge in [-0.05, 0) is 25.0 Å². The molecule has 1 aromatic rings. The maximum absolute atomic E-state index is 6.12. The van der Waals surface area contributed by atoms with Gasteiger partial charge < -0.3 is 15.8 Å². The quantitative estimate of drug-likeness (QED) is 0.644. The first-order valence-corrected chi connectivity index (χ1v) is 9.18. The molecule has 0 atom stereocenters. The number of hydrogen-bond donors (Lipinski definition) is 2. The SMILES string of the molecule is NC(=NCC1(CN2CCOCC2)CCCCC1)Nc1ccccc1. The van der Waals surface area contributed by atoms with Crippen LogP contribution in [0.2, 0.25) is 0 Å². The van der Waals surface area contributed by atoms with Crippen LogP contribution < -0.4 is 11.1 Å². The molecule has 1 heterocycles. The number of hydrogen-bond acceptors (Lipinski definition) is 3. The monoisotopic (exact) mass is 330 g/mol. The van der Waals surface area contributed by atoms with Gasteiger partial charge in [-0.15, -0.1) is 0 Å². The van der Waals surface area contributed by atoms with E-state index in [0.29, 0.717) is 5.96 Å². The summed E-state index contributed by atoms with van der Waals surface area (Å²) in [6.45, 7) is 5.75. The Morgan fingerprint density at radius 2 is 1.83 bits per heavy atom. The predicted octanol–water partition coefficient (Wildman–Crippen LogP) is 2.70.